The fourth-order valence-electron chi connectivity index (χ4n) is 5.96. The van der Waals surface area contributed by atoms with E-state index in [2.05, 4.69) is 0 Å². The van der Waals surface area contributed by atoms with Crippen molar-refractivity contribution >= 4 is 49.0 Å². The van der Waals surface area contributed by atoms with Crippen LogP contribution in [0.2, 0.25) is 10.0 Å². The summed E-state index contributed by atoms with van der Waals surface area (Å²) in [5.41, 5.74) is 2.35. The number of hydrogen-bond acceptors (Lipinski definition) is 7. The van der Waals surface area contributed by atoms with E-state index in [1.54, 1.807) is 65.6 Å². The second-order valence-corrected chi connectivity index (χ2v) is 17.9. The predicted molar refractivity (Wildman–Crippen MR) is 213 cm³/mol. The first-order valence-electron chi connectivity index (χ1n) is 17.2. The van der Waals surface area contributed by atoms with Crippen molar-refractivity contribution in [3.63, 3.8) is 0 Å². The van der Waals surface area contributed by atoms with Crippen LogP contribution in [-0.4, -0.2) is 43.3 Å². The quantitative estimate of drug-likeness (QED) is 0.116. The molecule has 0 saturated carbocycles. The minimum Gasteiger partial charge on any atom is -0.505 e. The van der Waals surface area contributed by atoms with Gasteiger partial charge in [-0.15, -0.1) is 0 Å². The number of ether oxygens (including phenoxy) is 1. The maximum atomic E-state index is 14.4. The summed E-state index contributed by atoms with van der Waals surface area (Å²) >= 11 is 12.3. The summed E-state index contributed by atoms with van der Waals surface area (Å²) < 4.78 is 87.8. The third-order valence-corrected chi connectivity index (χ3v) is 12.2. The predicted octanol–water partition coefficient (Wildman–Crippen LogP) is 9.41. The zero-order valence-electron chi connectivity index (χ0n) is 30.1. The van der Waals surface area contributed by atoms with Crippen LogP contribution in [0.15, 0.2) is 143 Å². The minimum atomic E-state index is -4.57. The van der Waals surface area contributed by atoms with E-state index < -0.39 is 42.1 Å². The molecular formula is C42H34Cl2F2N2O7S2. The Morgan fingerprint density at radius 2 is 1.18 bits per heavy atom. The Hall–Kier alpha value is -5.31. The third-order valence-electron chi connectivity index (χ3n) is 8.72. The molecule has 0 aliphatic carbocycles. The van der Waals surface area contributed by atoms with Crippen LogP contribution in [0.3, 0.4) is 0 Å². The molecule has 6 aromatic rings. The first-order valence-corrected chi connectivity index (χ1v) is 21.3. The summed E-state index contributed by atoms with van der Waals surface area (Å²) in [6, 6.07) is 32.4. The molecule has 0 heterocycles. The maximum Gasteiger partial charge on any atom is 0.254 e. The largest absolute Gasteiger partial charge is 0.505 e. The third kappa shape index (κ3) is 10.6. The monoisotopic (exact) mass is 850 g/mol. The molecule has 6 rings (SSSR count). The number of nitrogens with zero attached hydrogens (tertiary/aromatic N) is 2. The number of sulfonamides is 1. The van der Waals surface area contributed by atoms with Gasteiger partial charge in [0.15, 0.2) is 15.6 Å². The SMILES string of the molecule is CS(=O)(=O)c1ccc(CN(Cc2cc(CN(Cc3ccc(F)cc3)S(=O)(=O)c3cc(Cl)cc(Cl)c3O)cc(Oc3ccc(F)cc3)c2)C(=O)c2ccccc2)cc1. The van der Waals surface area contributed by atoms with Crippen molar-refractivity contribution in [3.05, 3.63) is 183 Å². The molecule has 1 N–H and O–H groups in total. The number of phenolic OH excluding ortho intramolecular Hbond substituents is 1. The standard InChI is InChI=1S/C42H34Cl2F2N2O7S2/c1-56(51,52)38-17-9-28(10-18-38)24-47(42(50)32-5-3-2-4-6-32)25-30-19-31(21-37(20-30)55-36-15-13-35(46)14-16-36)27-48(26-29-7-11-34(45)12-8-29)57(53,54)40-23-33(43)22-39(44)41(40)49/h2-23,49H,24-27H2,1H3. The average Bonchev–Trinajstić information content (AvgIpc) is 3.17. The highest BCUT2D eigenvalue weighted by atomic mass is 35.5. The van der Waals surface area contributed by atoms with Crippen LogP contribution in [0.5, 0.6) is 17.2 Å². The highest BCUT2D eigenvalue weighted by molar-refractivity contribution is 7.90. The van der Waals surface area contributed by atoms with E-state index in [0.29, 0.717) is 27.8 Å². The molecule has 0 unspecified atom stereocenters. The zero-order valence-corrected chi connectivity index (χ0v) is 33.3. The number of carbonyl (C=O) groups excluding carboxylic acids is 1. The first-order chi connectivity index (χ1) is 27.0. The molecule has 9 nitrogen and oxygen atoms in total. The van der Waals surface area contributed by atoms with Gasteiger partial charge in [0, 0.05) is 43.0 Å². The number of carbonyl (C=O) groups is 1. The van der Waals surface area contributed by atoms with Crippen LogP contribution in [0, 0.1) is 11.6 Å². The van der Waals surface area contributed by atoms with Gasteiger partial charge >= 0.3 is 0 Å². The fourth-order valence-corrected chi connectivity index (χ4v) is 8.75. The van der Waals surface area contributed by atoms with Crippen LogP contribution in [-0.2, 0) is 46.0 Å². The van der Waals surface area contributed by atoms with Crippen molar-refractivity contribution in [2.75, 3.05) is 6.26 Å². The van der Waals surface area contributed by atoms with E-state index in [0.717, 1.165) is 16.6 Å². The molecule has 0 aliphatic heterocycles. The van der Waals surface area contributed by atoms with E-state index >= 15 is 0 Å². The highest BCUT2D eigenvalue weighted by Gasteiger charge is 2.30. The van der Waals surface area contributed by atoms with Gasteiger partial charge in [-0.05, 0) is 107 Å². The zero-order chi connectivity index (χ0) is 40.9. The molecule has 294 valence electrons. The van der Waals surface area contributed by atoms with E-state index in [-0.39, 0.29) is 58.5 Å². The van der Waals surface area contributed by atoms with Crippen LogP contribution in [0.1, 0.15) is 32.6 Å². The smallest absolute Gasteiger partial charge is 0.254 e. The lowest BCUT2D eigenvalue weighted by Gasteiger charge is -2.26. The molecular weight excluding hydrogens is 818 g/mol. The Bertz CT molecular complexity index is 2620. The number of rotatable bonds is 14. The minimum absolute atomic E-state index is 0.0232. The molecule has 0 saturated heterocycles. The molecule has 0 aliphatic rings. The summed E-state index contributed by atoms with van der Waals surface area (Å²) in [5.74, 6) is -1.56. The molecule has 0 aromatic heterocycles. The Labute approximate surface area is 339 Å². The van der Waals surface area contributed by atoms with Crippen molar-refractivity contribution in [1.29, 1.82) is 0 Å². The van der Waals surface area contributed by atoms with Crippen LogP contribution < -0.4 is 4.74 Å². The molecule has 15 heteroatoms. The normalized spacial score (nSPS) is 11.8. The van der Waals surface area contributed by atoms with E-state index in [1.165, 1.54) is 66.7 Å². The van der Waals surface area contributed by atoms with Gasteiger partial charge in [-0.2, -0.15) is 4.31 Å². The molecule has 6 aromatic carbocycles. The van der Waals surface area contributed by atoms with E-state index in [4.69, 9.17) is 27.9 Å². The maximum absolute atomic E-state index is 14.4. The van der Waals surface area contributed by atoms with Crippen molar-refractivity contribution in [1.82, 2.24) is 9.21 Å². The first kappa shape index (κ1) is 41.3. The van der Waals surface area contributed by atoms with Crippen molar-refractivity contribution in [2.24, 2.45) is 0 Å². The molecule has 1 amide bonds. The van der Waals surface area contributed by atoms with Crippen molar-refractivity contribution in [3.8, 4) is 17.2 Å². The topological polar surface area (TPSA) is 121 Å². The van der Waals surface area contributed by atoms with Crippen LogP contribution in [0.25, 0.3) is 0 Å². The molecule has 0 fully saturated rings. The summed E-state index contributed by atoms with van der Waals surface area (Å²) in [5, 5.41) is 10.5. The molecule has 0 atom stereocenters. The van der Waals surface area contributed by atoms with Gasteiger partial charge in [0.05, 0.1) is 9.92 Å². The number of halogens is 4. The van der Waals surface area contributed by atoms with Gasteiger partial charge in [0.2, 0.25) is 10.0 Å². The molecule has 0 spiro atoms. The van der Waals surface area contributed by atoms with Crippen LogP contribution in [0.4, 0.5) is 8.78 Å². The Morgan fingerprint density at radius 3 is 1.79 bits per heavy atom. The second-order valence-electron chi connectivity index (χ2n) is 13.1. The van der Waals surface area contributed by atoms with Gasteiger partial charge in [-0.3, -0.25) is 4.79 Å². The van der Waals surface area contributed by atoms with Gasteiger partial charge in [-0.25, -0.2) is 25.6 Å². The molecule has 0 radical (unpaired) electrons. The lowest BCUT2D eigenvalue weighted by atomic mass is 10.1. The van der Waals surface area contributed by atoms with Gasteiger partial charge in [0.25, 0.3) is 5.91 Å². The van der Waals surface area contributed by atoms with Crippen molar-refractivity contribution in [2.45, 2.75) is 36.0 Å². The van der Waals surface area contributed by atoms with Gasteiger partial charge < -0.3 is 14.7 Å². The van der Waals surface area contributed by atoms with Crippen molar-refractivity contribution < 1.29 is 40.3 Å². The summed E-state index contributed by atoms with van der Waals surface area (Å²) in [6.45, 7) is -0.552. The second kappa shape index (κ2) is 17.5. The Morgan fingerprint density at radius 1 is 0.649 bits per heavy atom. The molecule has 57 heavy (non-hydrogen) atoms. The lowest BCUT2D eigenvalue weighted by molar-refractivity contribution is 0.0729. The summed E-state index contributed by atoms with van der Waals surface area (Å²) in [7, 11) is -8.04. The number of aromatic hydroxyl groups is 1. The highest BCUT2D eigenvalue weighted by Crippen LogP contribution is 2.37. The number of hydrogen-bond donors (Lipinski definition) is 1. The van der Waals surface area contributed by atoms with E-state index in [9.17, 15) is 35.5 Å². The van der Waals surface area contributed by atoms with Crippen LogP contribution >= 0.6 is 23.2 Å². The Balaban J connectivity index is 1.43. The number of sulfone groups is 1. The average molecular weight is 852 g/mol. The lowest BCUT2D eigenvalue weighted by Crippen LogP contribution is -2.31. The van der Waals surface area contributed by atoms with Gasteiger partial charge in [0.1, 0.15) is 28.0 Å². The number of benzene rings is 6. The molecule has 0 bridgehead atoms. The summed E-state index contributed by atoms with van der Waals surface area (Å²) in [6.07, 6.45) is 1.10. The fraction of sp³-hybridized carbons (Fsp3) is 0.119. The number of amides is 1. The van der Waals surface area contributed by atoms with E-state index in [1.807, 2.05) is 0 Å². The Kier molecular flexibility index (Phi) is 12.7. The summed E-state index contributed by atoms with van der Waals surface area (Å²) in [4.78, 5) is 15.2. The number of phenols is 1. The van der Waals surface area contributed by atoms with Gasteiger partial charge in [-0.1, -0.05) is 71.7 Å².